The molecule has 0 heterocycles. The Kier molecular flexibility index (Phi) is 6.65. The summed E-state index contributed by atoms with van der Waals surface area (Å²) >= 11 is 0. The van der Waals surface area contributed by atoms with Crippen LogP contribution in [0.4, 0.5) is 0 Å². The molecule has 0 radical (unpaired) electrons. The molecule has 0 spiro atoms. The van der Waals surface area contributed by atoms with E-state index in [2.05, 4.69) is 0 Å². The van der Waals surface area contributed by atoms with Gasteiger partial charge in [-0.3, -0.25) is 14.4 Å². The average molecular weight is 167 g/mol. The molecule has 4 nitrogen and oxygen atoms in total. The Morgan fingerprint density at radius 3 is 1.09 bits per heavy atom. The first kappa shape index (κ1) is 13.4. The van der Waals surface area contributed by atoms with Crippen LogP contribution >= 0.6 is 0 Å². The van der Waals surface area contributed by atoms with E-state index in [4.69, 9.17) is 0 Å². The van der Waals surface area contributed by atoms with Gasteiger partial charge in [-0.05, 0) is 0 Å². The van der Waals surface area contributed by atoms with Crippen molar-refractivity contribution in [2.75, 3.05) is 0 Å². The Morgan fingerprint density at radius 2 is 1.09 bits per heavy atom. The number of rotatable bonds is 0. The summed E-state index contributed by atoms with van der Waals surface area (Å²) in [6.07, 6.45) is 0. The Labute approximate surface area is 88.7 Å². The first-order chi connectivity index (χ1) is 4.46. The van der Waals surface area contributed by atoms with Crippen LogP contribution in [0, 0.1) is 0 Å². The van der Waals surface area contributed by atoms with E-state index in [0.717, 1.165) is 0 Å². The second-order valence-electron chi connectivity index (χ2n) is 1.89. The first-order valence-corrected chi connectivity index (χ1v) is 2.78. The number of imide groups is 3. The van der Waals surface area contributed by atoms with Crippen molar-refractivity contribution in [1.29, 1.82) is 0 Å². The van der Waals surface area contributed by atoms with Crippen LogP contribution in [0.2, 0.25) is 0 Å². The standard InChI is InChI=1S/C6H9NO3.Na.H/c1-4(8)7(5(2)9)6(3)10;;/h1-3H3;;/q;+1;-1. The van der Waals surface area contributed by atoms with Crippen molar-refractivity contribution in [2.45, 2.75) is 20.8 Å². The minimum atomic E-state index is -0.542. The SMILES string of the molecule is CC(=O)N(C(C)=O)C(C)=O.[H-].[Na+]. The van der Waals surface area contributed by atoms with Crippen LogP contribution in [0.5, 0.6) is 0 Å². The summed E-state index contributed by atoms with van der Waals surface area (Å²) in [6, 6.07) is 0. The third-order valence-electron chi connectivity index (χ3n) is 0.945. The molecule has 0 bridgehead atoms. The van der Waals surface area contributed by atoms with Crippen LogP contribution in [0.3, 0.4) is 0 Å². The zero-order valence-corrected chi connectivity index (χ0v) is 9.17. The van der Waals surface area contributed by atoms with Crippen molar-refractivity contribution in [3.63, 3.8) is 0 Å². The van der Waals surface area contributed by atoms with Crippen LogP contribution < -0.4 is 29.6 Å². The number of hydrogen-bond donors (Lipinski definition) is 0. The molecule has 0 rings (SSSR count). The van der Waals surface area contributed by atoms with Crippen LogP contribution in [0.25, 0.3) is 0 Å². The van der Waals surface area contributed by atoms with Gasteiger partial charge in [-0.15, -0.1) is 0 Å². The number of hydrogen-bond acceptors (Lipinski definition) is 3. The number of amides is 3. The molecule has 0 saturated heterocycles. The number of nitrogens with zero attached hydrogens (tertiary/aromatic N) is 1. The maximum Gasteiger partial charge on any atom is 1.00 e. The summed E-state index contributed by atoms with van der Waals surface area (Å²) in [5.74, 6) is -1.62. The van der Waals surface area contributed by atoms with Crippen molar-refractivity contribution in [3.8, 4) is 0 Å². The molecule has 0 aromatic heterocycles. The van der Waals surface area contributed by atoms with Crippen LogP contribution in [0.15, 0.2) is 0 Å². The Balaban J connectivity index is -0.000000405. The van der Waals surface area contributed by atoms with Gasteiger partial charge in [0.2, 0.25) is 17.7 Å². The van der Waals surface area contributed by atoms with Gasteiger partial charge in [0, 0.05) is 20.8 Å². The maximum absolute atomic E-state index is 10.5. The van der Waals surface area contributed by atoms with E-state index in [1.54, 1.807) is 0 Å². The molecule has 3 amide bonds. The normalized spacial score (nSPS) is 7.91. The Hall–Kier alpha value is -0.190. The monoisotopic (exact) mass is 167 g/mol. The van der Waals surface area contributed by atoms with Gasteiger partial charge in [0.05, 0.1) is 0 Å². The minimum absolute atomic E-state index is 0. The number of carbonyl (C=O) groups excluding carboxylic acids is 3. The van der Waals surface area contributed by atoms with Crippen LogP contribution in [0.1, 0.15) is 22.2 Å². The zero-order valence-electron chi connectivity index (χ0n) is 8.17. The van der Waals surface area contributed by atoms with Gasteiger partial charge in [-0.25, -0.2) is 4.90 Å². The predicted octanol–water partition coefficient (Wildman–Crippen LogP) is -2.96. The predicted molar refractivity (Wildman–Crippen MR) is 35.0 cm³/mol. The minimum Gasteiger partial charge on any atom is -1.00 e. The van der Waals surface area contributed by atoms with Gasteiger partial charge in [0.15, 0.2) is 0 Å². The summed E-state index contributed by atoms with van der Waals surface area (Å²) in [5.41, 5.74) is 0. The molecule has 0 aromatic carbocycles. The van der Waals surface area contributed by atoms with Crippen molar-refractivity contribution in [3.05, 3.63) is 0 Å². The Morgan fingerprint density at radius 1 is 0.909 bits per heavy atom. The van der Waals surface area contributed by atoms with Crippen molar-refractivity contribution in [1.82, 2.24) is 4.90 Å². The van der Waals surface area contributed by atoms with Crippen molar-refractivity contribution < 1.29 is 45.4 Å². The maximum atomic E-state index is 10.5. The molecule has 5 heteroatoms. The van der Waals surface area contributed by atoms with E-state index in [1.165, 1.54) is 20.8 Å². The molecule has 0 aliphatic rings. The van der Waals surface area contributed by atoms with Gasteiger partial charge in [-0.2, -0.15) is 0 Å². The molecule has 0 aliphatic carbocycles. The van der Waals surface area contributed by atoms with Gasteiger partial charge in [-0.1, -0.05) is 0 Å². The molecule has 0 N–H and O–H groups in total. The van der Waals surface area contributed by atoms with E-state index < -0.39 is 17.7 Å². The van der Waals surface area contributed by atoms with Crippen LogP contribution in [-0.2, 0) is 14.4 Å². The molecular weight excluding hydrogens is 157 g/mol. The fourth-order valence-electron chi connectivity index (χ4n) is 0.665. The largest absolute Gasteiger partial charge is 1.00 e. The van der Waals surface area contributed by atoms with Gasteiger partial charge in [0.25, 0.3) is 0 Å². The molecule has 0 fully saturated rings. The summed E-state index contributed by atoms with van der Waals surface area (Å²) < 4.78 is 0. The third-order valence-corrected chi connectivity index (χ3v) is 0.945. The summed E-state index contributed by atoms with van der Waals surface area (Å²) in [4.78, 5) is 32.1. The zero-order chi connectivity index (χ0) is 8.31. The fraction of sp³-hybridized carbons (Fsp3) is 0.500. The van der Waals surface area contributed by atoms with E-state index in [9.17, 15) is 14.4 Å². The topological polar surface area (TPSA) is 54.5 Å². The summed E-state index contributed by atoms with van der Waals surface area (Å²) in [6.45, 7) is 3.51. The van der Waals surface area contributed by atoms with E-state index in [0.29, 0.717) is 4.90 Å². The van der Waals surface area contributed by atoms with Crippen LogP contribution in [-0.4, -0.2) is 22.6 Å². The van der Waals surface area contributed by atoms with Gasteiger partial charge in [0.1, 0.15) is 0 Å². The molecule has 0 saturated carbocycles. The first-order valence-electron chi connectivity index (χ1n) is 2.78. The van der Waals surface area contributed by atoms with Gasteiger partial charge >= 0.3 is 29.6 Å². The van der Waals surface area contributed by atoms with Gasteiger partial charge < -0.3 is 1.43 Å². The molecule has 0 atom stereocenters. The number of carbonyl (C=O) groups is 3. The van der Waals surface area contributed by atoms with E-state index in [-0.39, 0.29) is 31.0 Å². The third kappa shape index (κ3) is 4.29. The molecular formula is C6H10NNaO3. The average Bonchev–Trinajstić information content (AvgIpc) is 1.59. The Bertz CT molecular complexity index is 162. The fourth-order valence-corrected chi connectivity index (χ4v) is 0.665. The molecule has 0 unspecified atom stereocenters. The second kappa shape index (κ2) is 5.46. The van der Waals surface area contributed by atoms with E-state index in [1.807, 2.05) is 0 Å². The molecule has 0 aromatic rings. The molecule has 0 aliphatic heterocycles. The smallest absolute Gasteiger partial charge is 1.00 e. The summed E-state index contributed by atoms with van der Waals surface area (Å²) in [7, 11) is 0. The summed E-state index contributed by atoms with van der Waals surface area (Å²) in [5, 5.41) is 0. The van der Waals surface area contributed by atoms with E-state index >= 15 is 0 Å². The van der Waals surface area contributed by atoms with Crippen molar-refractivity contribution >= 4 is 17.7 Å². The van der Waals surface area contributed by atoms with Crippen molar-refractivity contribution in [2.24, 2.45) is 0 Å². The quantitative estimate of drug-likeness (QED) is 0.362. The second-order valence-corrected chi connectivity index (χ2v) is 1.89. The molecule has 58 valence electrons. The molecule has 11 heavy (non-hydrogen) atoms.